The van der Waals surface area contributed by atoms with Gasteiger partial charge in [0.25, 0.3) is 0 Å². The van der Waals surface area contributed by atoms with Crippen LogP contribution in [0.3, 0.4) is 0 Å². The summed E-state index contributed by atoms with van der Waals surface area (Å²) in [4.78, 5) is 0. The Morgan fingerprint density at radius 3 is 2.47 bits per heavy atom. The van der Waals surface area contributed by atoms with Crippen molar-refractivity contribution < 1.29 is 17.9 Å². The normalized spacial score (nSPS) is 30.0. The lowest BCUT2D eigenvalue weighted by atomic mass is 9.85. The fraction of sp³-hybridized carbons (Fsp3) is 1.00. The molecular formula is C12H22F3NO. The van der Waals surface area contributed by atoms with Gasteiger partial charge in [0.05, 0.1) is 6.10 Å². The van der Waals surface area contributed by atoms with Gasteiger partial charge >= 0.3 is 6.18 Å². The molecule has 1 saturated carbocycles. The molecule has 0 aromatic heterocycles. The zero-order chi connectivity index (χ0) is 13.1. The molecule has 0 bridgehead atoms. The van der Waals surface area contributed by atoms with Crippen LogP contribution in [0.25, 0.3) is 0 Å². The lowest BCUT2D eigenvalue weighted by Crippen LogP contribution is -2.47. The monoisotopic (exact) mass is 253 g/mol. The van der Waals surface area contributed by atoms with Crippen molar-refractivity contribution in [3.8, 4) is 0 Å². The summed E-state index contributed by atoms with van der Waals surface area (Å²) in [6.07, 6.45) is -1.97. The molecule has 2 nitrogen and oxygen atoms in total. The van der Waals surface area contributed by atoms with Gasteiger partial charge < -0.3 is 10.5 Å². The molecule has 0 aromatic rings. The first-order chi connectivity index (χ1) is 7.84. The molecule has 0 radical (unpaired) electrons. The second kappa shape index (κ2) is 6.05. The smallest absolute Gasteiger partial charge is 0.364 e. The molecule has 17 heavy (non-hydrogen) atoms. The van der Waals surface area contributed by atoms with E-state index < -0.39 is 18.3 Å². The predicted molar refractivity (Wildman–Crippen MR) is 60.6 cm³/mol. The minimum Gasteiger partial charge on any atom is -0.364 e. The molecule has 0 aromatic carbocycles. The van der Waals surface area contributed by atoms with Crippen molar-refractivity contribution in [2.75, 3.05) is 0 Å². The Hall–Kier alpha value is -0.290. The number of hydrogen-bond donors (Lipinski definition) is 1. The highest BCUT2D eigenvalue weighted by atomic mass is 19.4. The topological polar surface area (TPSA) is 35.2 Å². The lowest BCUT2D eigenvalue weighted by molar-refractivity contribution is -0.241. The molecule has 1 fully saturated rings. The maximum atomic E-state index is 12.7. The van der Waals surface area contributed by atoms with Crippen molar-refractivity contribution in [2.24, 2.45) is 11.7 Å². The summed E-state index contributed by atoms with van der Waals surface area (Å²) in [6.45, 7) is 3.41. The first-order valence-corrected chi connectivity index (χ1v) is 6.32. The predicted octanol–water partition coefficient (Wildman–Crippen LogP) is 3.25. The highest BCUT2D eigenvalue weighted by molar-refractivity contribution is 4.81. The molecule has 4 atom stereocenters. The maximum absolute atomic E-state index is 12.7. The van der Waals surface area contributed by atoms with E-state index in [2.05, 4.69) is 6.92 Å². The lowest BCUT2D eigenvalue weighted by Gasteiger charge is -2.33. The summed E-state index contributed by atoms with van der Waals surface area (Å²) in [6, 6.07) is -1.02. The van der Waals surface area contributed by atoms with Crippen LogP contribution in [0.2, 0.25) is 0 Å². The number of halogens is 3. The van der Waals surface area contributed by atoms with Crippen molar-refractivity contribution in [3.05, 3.63) is 0 Å². The van der Waals surface area contributed by atoms with Gasteiger partial charge in [0.15, 0.2) is 6.10 Å². The van der Waals surface area contributed by atoms with Crippen LogP contribution in [-0.4, -0.2) is 24.4 Å². The molecular weight excluding hydrogens is 231 g/mol. The third-order valence-electron chi connectivity index (χ3n) is 3.45. The van der Waals surface area contributed by atoms with Gasteiger partial charge in [-0.2, -0.15) is 13.2 Å². The van der Waals surface area contributed by atoms with E-state index in [0.717, 1.165) is 32.1 Å². The van der Waals surface area contributed by atoms with Crippen molar-refractivity contribution in [2.45, 2.75) is 70.4 Å². The molecule has 4 unspecified atom stereocenters. The molecule has 0 heterocycles. The van der Waals surface area contributed by atoms with Gasteiger partial charge in [-0.1, -0.05) is 26.2 Å². The van der Waals surface area contributed by atoms with Crippen LogP contribution in [0.1, 0.15) is 46.0 Å². The van der Waals surface area contributed by atoms with Crippen LogP contribution in [0.5, 0.6) is 0 Å². The van der Waals surface area contributed by atoms with E-state index in [9.17, 15) is 13.2 Å². The van der Waals surface area contributed by atoms with Crippen molar-refractivity contribution in [3.63, 3.8) is 0 Å². The van der Waals surface area contributed by atoms with Gasteiger partial charge in [-0.05, 0) is 25.7 Å². The zero-order valence-corrected chi connectivity index (χ0v) is 10.5. The summed E-state index contributed by atoms with van der Waals surface area (Å²) < 4.78 is 43.3. The van der Waals surface area contributed by atoms with Crippen molar-refractivity contribution in [1.29, 1.82) is 0 Å². The SMILES string of the molecule is CCC1CCCC(OC(C(C)N)C(F)(F)F)C1. The third kappa shape index (κ3) is 4.47. The van der Waals surface area contributed by atoms with Crippen LogP contribution in [-0.2, 0) is 4.74 Å². The molecule has 0 saturated heterocycles. The largest absolute Gasteiger partial charge is 0.416 e. The fourth-order valence-electron chi connectivity index (χ4n) is 2.44. The van der Waals surface area contributed by atoms with Crippen LogP contribution < -0.4 is 5.73 Å². The van der Waals surface area contributed by atoms with Crippen molar-refractivity contribution >= 4 is 0 Å². The van der Waals surface area contributed by atoms with E-state index in [4.69, 9.17) is 10.5 Å². The van der Waals surface area contributed by atoms with Gasteiger partial charge in [0.1, 0.15) is 0 Å². The highest BCUT2D eigenvalue weighted by Crippen LogP contribution is 2.33. The van der Waals surface area contributed by atoms with Gasteiger partial charge in [-0.25, -0.2) is 0 Å². The van der Waals surface area contributed by atoms with Crippen molar-refractivity contribution in [1.82, 2.24) is 0 Å². The highest BCUT2D eigenvalue weighted by Gasteiger charge is 2.44. The molecule has 1 aliphatic carbocycles. The van der Waals surface area contributed by atoms with E-state index in [1.165, 1.54) is 6.92 Å². The molecule has 0 amide bonds. The molecule has 5 heteroatoms. The van der Waals surface area contributed by atoms with Gasteiger partial charge in [-0.15, -0.1) is 0 Å². The molecule has 1 aliphatic rings. The Balaban J connectivity index is 2.55. The van der Waals surface area contributed by atoms with Gasteiger partial charge in [-0.3, -0.25) is 0 Å². The third-order valence-corrected chi connectivity index (χ3v) is 3.45. The molecule has 102 valence electrons. The Bertz CT molecular complexity index is 230. The van der Waals surface area contributed by atoms with Crippen LogP contribution in [0, 0.1) is 5.92 Å². The summed E-state index contributed by atoms with van der Waals surface area (Å²) in [5.74, 6) is 0.496. The number of ether oxygens (including phenoxy) is 1. The molecule has 1 rings (SSSR count). The zero-order valence-electron chi connectivity index (χ0n) is 10.5. The first-order valence-electron chi connectivity index (χ1n) is 6.32. The van der Waals surface area contributed by atoms with Crippen LogP contribution in [0.4, 0.5) is 13.2 Å². The average Bonchev–Trinajstić information content (AvgIpc) is 2.24. The Morgan fingerprint density at radius 1 is 1.35 bits per heavy atom. The summed E-state index contributed by atoms with van der Waals surface area (Å²) in [5, 5.41) is 0. The standard InChI is InChI=1S/C12H22F3NO/c1-3-9-5-4-6-10(7-9)17-11(8(2)16)12(13,14)15/h8-11H,3-7,16H2,1-2H3. The number of hydrogen-bond acceptors (Lipinski definition) is 2. The minimum atomic E-state index is -4.37. The van der Waals surface area contributed by atoms with Crippen LogP contribution >= 0.6 is 0 Å². The maximum Gasteiger partial charge on any atom is 0.416 e. The van der Waals surface area contributed by atoms with E-state index >= 15 is 0 Å². The Morgan fingerprint density at radius 2 is 2.00 bits per heavy atom. The quantitative estimate of drug-likeness (QED) is 0.834. The van der Waals surface area contributed by atoms with E-state index in [1.54, 1.807) is 0 Å². The number of rotatable bonds is 4. The summed E-state index contributed by atoms with van der Waals surface area (Å²) in [5.41, 5.74) is 5.36. The van der Waals surface area contributed by atoms with Crippen LogP contribution in [0.15, 0.2) is 0 Å². The summed E-state index contributed by atoms with van der Waals surface area (Å²) in [7, 11) is 0. The number of nitrogens with two attached hydrogens (primary N) is 1. The molecule has 2 N–H and O–H groups in total. The summed E-state index contributed by atoms with van der Waals surface area (Å²) >= 11 is 0. The van der Waals surface area contributed by atoms with E-state index in [0.29, 0.717) is 5.92 Å². The fourth-order valence-corrected chi connectivity index (χ4v) is 2.44. The van der Waals surface area contributed by atoms with E-state index in [1.807, 2.05) is 0 Å². The average molecular weight is 253 g/mol. The second-order valence-corrected chi connectivity index (χ2v) is 5.02. The minimum absolute atomic E-state index is 0.286. The molecule has 0 aliphatic heterocycles. The molecule has 0 spiro atoms. The van der Waals surface area contributed by atoms with E-state index in [-0.39, 0.29) is 6.10 Å². The Labute approximate surface area is 101 Å². The first kappa shape index (κ1) is 14.8. The van der Waals surface area contributed by atoms with Gasteiger partial charge in [0.2, 0.25) is 0 Å². The van der Waals surface area contributed by atoms with Gasteiger partial charge in [0, 0.05) is 6.04 Å². The Kier molecular flexibility index (Phi) is 5.25. The number of alkyl halides is 3. The second-order valence-electron chi connectivity index (χ2n) is 5.02.